The molecule has 1 N–H and O–H groups in total. The number of halogens is 2. The van der Waals surface area contributed by atoms with Gasteiger partial charge >= 0.3 is 0 Å². The minimum Gasteiger partial charge on any atom is -0.349 e. The van der Waals surface area contributed by atoms with Crippen molar-refractivity contribution in [2.45, 2.75) is 25.8 Å². The molecule has 2 aromatic carbocycles. The predicted octanol–water partition coefficient (Wildman–Crippen LogP) is 4.34. The minimum absolute atomic E-state index is 0.0580. The third-order valence-electron chi connectivity index (χ3n) is 4.59. The van der Waals surface area contributed by atoms with Gasteiger partial charge in [0.05, 0.1) is 10.6 Å². The summed E-state index contributed by atoms with van der Waals surface area (Å²) in [5, 5.41) is 3.93. The average molecular weight is 391 g/mol. The summed E-state index contributed by atoms with van der Waals surface area (Å²) in [7, 11) is 0. The van der Waals surface area contributed by atoms with Crippen molar-refractivity contribution in [3.05, 3.63) is 69.2 Å². The van der Waals surface area contributed by atoms with E-state index in [0.717, 1.165) is 5.56 Å². The van der Waals surface area contributed by atoms with Gasteiger partial charge in [-0.3, -0.25) is 9.59 Å². The van der Waals surface area contributed by atoms with Gasteiger partial charge in [-0.15, -0.1) is 0 Å². The summed E-state index contributed by atoms with van der Waals surface area (Å²) in [6.45, 7) is 3.13. The van der Waals surface area contributed by atoms with Crippen LogP contribution >= 0.6 is 23.2 Å². The highest BCUT2D eigenvalue weighted by Crippen LogP contribution is 2.23. The molecule has 0 spiro atoms. The Morgan fingerprint density at radius 1 is 1.04 bits per heavy atom. The van der Waals surface area contributed by atoms with Gasteiger partial charge in [0.25, 0.3) is 11.8 Å². The molecule has 6 heteroatoms. The van der Waals surface area contributed by atoms with E-state index < -0.39 is 0 Å². The van der Waals surface area contributed by atoms with Gasteiger partial charge in [-0.2, -0.15) is 0 Å². The molecule has 26 heavy (non-hydrogen) atoms. The number of amides is 2. The highest BCUT2D eigenvalue weighted by Gasteiger charge is 2.26. The van der Waals surface area contributed by atoms with Crippen LogP contribution in [-0.4, -0.2) is 35.8 Å². The van der Waals surface area contributed by atoms with Gasteiger partial charge < -0.3 is 10.2 Å². The largest absolute Gasteiger partial charge is 0.349 e. The summed E-state index contributed by atoms with van der Waals surface area (Å²) in [4.78, 5) is 26.7. The van der Waals surface area contributed by atoms with E-state index >= 15 is 0 Å². The molecule has 4 nitrogen and oxygen atoms in total. The number of hydrogen-bond donors (Lipinski definition) is 1. The smallest absolute Gasteiger partial charge is 0.255 e. The van der Waals surface area contributed by atoms with Crippen LogP contribution in [0.3, 0.4) is 0 Å². The molecule has 1 fully saturated rings. The Kier molecular flexibility index (Phi) is 5.84. The van der Waals surface area contributed by atoms with Crippen LogP contribution in [0, 0.1) is 6.92 Å². The molecule has 136 valence electrons. The summed E-state index contributed by atoms with van der Waals surface area (Å²) in [5.74, 6) is -0.200. The first-order valence-corrected chi connectivity index (χ1v) is 9.31. The lowest BCUT2D eigenvalue weighted by molar-refractivity contribution is 0.0698. The van der Waals surface area contributed by atoms with Crippen LogP contribution in [0.4, 0.5) is 0 Å². The maximum atomic E-state index is 12.7. The third kappa shape index (κ3) is 4.37. The minimum atomic E-state index is -0.124. The van der Waals surface area contributed by atoms with Crippen molar-refractivity contribution in [2.75, 3.05) is 13.1 Å². The molecule has 0 saturated carbocycles. The molecule has 0 aromatic heterocycles. The van der Waals surface area contributed by atoms with Crippen molar-refractivity contribution >= 4 is 35.0 Å². The molecular weight excluding hydrogens is 371 g/mol. The van der Waals surface area contributed by atoms with Gasteiger partial charge in [0.1, 0.15) is 0 Å². The van der Waals surface area contributed by atoms with Crippen LogP contribution in [0.2, 0.25) is 10.0 Å². The van der Waals surface area contributed by atoms with Crippen molar-refractivity contribution in [1.82, 2.24) is 10.2 Å². The average Bonchev–Trinajstić information content (AvgIpc) is 2.64. The molecule has 1 aliphatic rings. The van der Waals surface area contributed by atoms with E-state index in [0.29, 0.717) is 47.1 Å². The lowest BCUT2D eigenvalue weighted by Crippen LogP contribution is -2.46. The number of hydrogen-bond acceptors (Lipinski definition) is 2. The first-order valence-electron chi connectivity index (χ1n) is 8.56. The highest BCUT2D eigenvalue weighted by molar-refractivity contribution is 6.35. The number of nitrogens with one attached hydrogen (secondary N) is 1. The molecule has 0 aliphatic carbocycles. The van der Waals surface area contributed by atoms with Crippen molar-refractivity contribution in [2.24, 2.45) is 0 Å². The molecule has 2 amide bonds. The Labute approximate surface area is 163 Å². The van der Waals surface area contributed by atoms with Crippen LogP contribution in [0.15, 0.2) is 42.5 Å². The van der Waals surface area contributed by atoms with E-state index in [4.69, 9.17) is 23.2 Å². The molecular formula is C20H20Cl2N2O2. The number of likely N-dealkylation sites (tertiary alicyclic amines) is 1. The second-order valence-electron chi connectivity index (χ2n) is 6.53. The van der Waals surface area contributed by atoms with Crippen molar-refractivity contribution < 1.29 is 9.59 Å². The van der Waals surface area contributed by atoms with Gasteiger partial charge in [-0.05, 0) is 50.1 Å². The Bertz CT molecular complexity index is 813. The Morgan fingerprint density at radius 3 is 2.35 bits per heavy atom. The van der Waals surface area contributed by atoms with E-state index in [-0.39, 0.29) is 17.9 Å². The number of benzene rings is 2. The van der Waals surface area contributed by atoms with Crippen LogP contribution in [0.1, 0.15) is 39.1 Å². The number of nitrogens with zero attached hydrogens (tertiary/aromatic N) is 1. The summed E-state index contributed by atoms with van der Waals surface area (Å²) in [6.07, 6.45) is 1.42. The van der Waals surface area contributed by atoms with Crippen LogP contribution < -0.4 is 5.32 Å². The van der Waals surface area contributed by atoms with Crippen molar-refractivity contribution in [3.8, 4) is 0 Å². The lowest BCUT2D eigenvalue weighted by atomic mass is 10.0. The molecule has 0 atom stereocenters. The lowest BCUT2D eigenvalue weighted by Gasteiger charge is -2.32. The fraction of sp³-hybridized carbons (Fsp3) is 0.300. The second kappa shape index (κ2) is 8.11. The molecule has 1 saturated heterocycles. The zero-order valence-electron chi connectivity index (χ0n) is 14.5. The number of piperidine rings is 1. The highest BCUT2D eigenvalue weighted by atomic mass is 35.5. The van der Waals surface area contributed by atoms with Crippen molar-refractivity contribution in [1.29, 1.82) is 0 Å². The van der Waals surface area contributed by atoms with E-state index in [9.17, 15) is 9.59 Å². The van der Waals surface area contributed by atoms with E-state index in [1.807, 2.05) is 31.2 Å². The number of carbonyl (C=O) groups excluding carboxylic acids is 2. The van der Waals surface area contributed by atoms with Gasteiger partial charge in [0.15, 0.2) is 0 Å². The number of carbonyl (C=O) groups is 2. The summed E-state index contributed by atoms with van der Waals surface area (Å²) < 4.78 is 0. The molecule has 1 aliphatic heterocycles. The monoisotopic (exact) mass is 390 g/mol. The predicted molar refractivity (Wildman–Crippen MR) is 104 cm³/mol. The fourth-order valence-corrected chi connectivity index (χ4v) is 3.40. The van der Waals surface area contributed by atoms with Gasteiger partial charge in [0.2, 0.25) is 0 Å². The van der Waals surface area contributed by atoms with E-state index in [1.165, 1.54) is 0 Å². The standard InChI is InChI=1S/C20H20Cl2N2O2/c1-13-2-4-14(5-3-13)19(25)23-16-8-10-24(11-9-16)20(26)17-12-15(21)6-7-18(17)22/h2-7,12,16H,8-11H2,1H3,(H,23,25). The molecule has 1 heterocycles. The summed E-state index contributed by atoms with van der Waals surface area (Å²) in [6, 6.07) is 12.4. The summed E-state index contributed by atoms with van der Waals surface area (Å²) in [5.41, 5.74) is 2.19. The molecule has 0 radical (unpaired) electrons. The van der Waals surface area contributed by atoms with Crippen molar-refractivity contribution in [3.63, 3.8) is 0 Å². The van der Waals surface area contributed by atoms with Crippen LogP contribution in [0.5, 0.6) is 0 Å². The Morgan fingerprint density at radius 2 is 1.69 bits per heavy atom. The van der Waals surface area contributed by atoms with Gasteiger partial charge in [-0.1, -0.05) is 40.9 Å². The zero-order valence-corrected chi connectivity index (χ0v) is 16.0. The first-order chi connectivity index (χ1) is 12.4. The quantitative estimate of drug-likeness (QED) is 0.847. The normalized spacial score (nSPS) is 15.0. The molecule has 3 rings (SSSR count). The summed E-state index contributed by atoms with van der Waals surface area (Å²) >= 11 is 12.1. The van der Waals surface area contributed by atoms with E-state index in [2.05, 4.69) is 5.32 Å². The molecule has 0 bridgehead atoms. The van der Waals surface area contributed by atoms with E-state index in [1.54, 1.807) is 23.1 Å². The SMILES string of the molecule is Cc1ccc(C(=O)NC2CCN(C(=O)c3cc(Cl)ccc3Cl)CC2)cc1. The second-order valence-corrected chi connectivity index (χ2v) is 7.37. The number of aryl methyl sites for hydroxylation is 1. The first kappa shape index (κ1) is 18.7. The van der Waals surface area contributed by atoms with Gasteiger partial charge in [-0.25, -0.2) is 0 Å². The topological polar surface area (TPSA) is 49.4 Å². The zero-order chi connectivity index (χ0) is 18.7. The van der Waals surface area contributed by atoms with Crippen LogP contribution in [0.25, 0.3) is 0 Å². The fourth-order valence-electron chi connectivity index (χ4n) is 3.03. The maximum Gasteiger partial charge on any atom is 0.255 e. The third-order valence-corrected chi connectivity index (χ3v) is 5.15. The van der Waals surface area contributed by atoms with Crippen LogP contribution in [-0.2, 0) is 0 Å². The maximum absolute atomic E-state index is 12.7. The Balaban J connectivity index is 1.57. The number of rotatable bonds is 3. The van der Waals surface area contributed by atoms with Gasteiger partial charge in [0, 0.05) is 29.7 Å². The molecule has 0 unspecified atom stereocenters. The Hall–Kier alpha value is -2.04. The molecule has 2 aromatic rings.